The van der Waals surface area contributed by atoms with Crippen molar-refractivity contribution >= 4 is 5.97 Å². The smallest absolute Gasteiger partial charge is 0.303 e. The van der Waals surface area contributed by atoms with E-state index >= 15 is 0 Å². The molecule has 2 heteroatoms. The molecule has 82 valence electrons. The van der Waals surface area contributed by atoms with Crippen LogP contribution in [-0.2, 0) is 4.79 Å². The van der Waals surface area contributed by atoms with Gasteiger partial charge in [-0.3, -0.25) is 4.79 Å². The van der Waals surface area contributed by atoms with Crippen LogP contribution in [0.25, 0.3) is 0 Å². The third kappa shape index (κ3) is 11.2. The van der Waals surface area contributed by atoms with E-state index in [1.807, 2.05) is 0 Å². The summed E-state index contributed by atoms with van der Waals surface area (Å²) >= 11 is 0. The Kier molecular flexibility index (Phi) is 9.71. The molecule has 0 fully saturated rings. The predicted molar refractivity (Wildman–Crippen MR) is 59.4 cm³/mol. The first-order valence-electron chi connectivity index (χ1n) is 5.64. The number of hydrogen-bond donors (Lipinski definition) is 1. The third-order valence-electron chi connectivity index (χ3n) is 2.15. The summed E-state index contributed by atoms with van der Waals surface area (Å²) in [6, 6.07) is 0. The first-order chi connectivity index (χ1) is 6.77. The van der Waals surface area contributed by atoms with Crippen molar-refractivity contribution in [1.82, 2.24) is 0 Å². The molecule has 0 saturated heterocycles. The molecule has 0 aromatic rings. The van der Waals surface area contributed by atoms with Crippen LogP contribution in [0.2, 0.25) is 0 Å². The molecule has 0 bridgehead atoms. The number of carboxylic acid groups (broad SMARTS) is 1. The topological polar surface area (TPSA) is 37.3 Å². The third-order valence-corrected chi connectivity index (χ3v) is 2.15. The van der Waals surface area contributed by atoms with Crippen LogP contribution in [0, 0.1) is 0 Å². The fraction of sp³-hybridized carbons (Fsp3) is 0.750. The number of allylic oxidation sites excluding steroid dienone is 2. The molecule has 1 N–H and O–H groups in total. The lowest BCUT2D eigenvalue weighted by molar-refractivity contribution is -0.137. The van der Waals surface area contributed by atoms with Gasteiger partial charge < -0.3 is 5.11 Å². The summed E-state index contributed by atoms with van der Waals surface area (Å²) in [5.74, 6) is -0.693. The average molecular weight is 200 g/mol. The number of rotatable bonds is 9. The quantitative estimate of drug-likeness (QED) is 0.454. The normalized spacial score (nSPS) is 10.9. The molecule has 0 aliphatic carbocycles. The minimum atomic E-state index is -0.693. The molecule has 0 aromatic heterocycles. The summed E-state index contributed by atoms with van der Waals surface area (Å²) < 4.78 is 0. The number of aliphatic carboxylic acids is 1. The molecule has 0 radical (unpaired) electrons. The highest BCUT2D eigenvalue weighted by atomic mass is 16.6. The van der Waals surface area contributed by atoms with E-state index in [2.05, 4.69) is 19.1 Å². The van der Waals surface area contributed by atoms with Crippen LogP contribution in [-0.4, -0.2) is 11.1 Å². The van der Waals surface area contributed by atoms with Crippen molar-refractivity contribution in [3.8, 4) is 0 Å². The van der Waals surface area contributed by atoms with Gasteiger partial charge in [0.2, 0.25) is 0 Å². The maximum atomic E-state index is 10.2. The van der Waals surface area contributed by atoms with Crippen molar-refractivity contribution in [3.63, 3.8) is 0 Å². The van der Waals surface area contributed by atoms with Crippen molar-refractivity contribution in [2.75, 3.05) is 0 Å². The predicted octanol–water partition coefficient (Wildman–Crippen LogP) is 3.77. The molecular weight excluding hydrogens is 178 g/mol. The van der Waals surface area contributed by atoms with E-state index in [9.17, 15) is 4.79 Å². The van der Waals surface area contributed by atoms with Crippen LogP contribution in [0.4, 0.5) is 0 Å². The SMILES string of the molecule is CCCCCC/C=C\CCC[14C](=O)O. The Morgan fingerprint density at radius 2 is 1.71 bits per heavy atom. The van der Waals surface area contributed by atoms with E-state index in [4.69, 9.17) is 5.11 Å². The van der Waals surface area contributed by atoms with Crippen molar-refractivity contribution < 1.29 is 9.90 Å². The molecule has 14 heavy (non-hydrogen) atoms. The second-order valence-electron chi connectivity index (χ2n) is 3.61. The van der Waals surface area contributed by atoms with Gasteiger partial charge in [-0.1, -0.05) is 38.3 Å². The van der Waals surface area contributed by atoms with E-state index in [0.29, 0.717) is 6.42 Å². The Balaban J connectivity index is 3.07. The van der Waals surface area contributed by atoms with Gasteiger partial charge in [0, 0.05) is 6.42 Å². The molecule has 0 spiro atoms. The lowest BCUT2D eigenvalue weighted by Crippen LogP contribution is -1.92. The molecule has 0 aliphatic rings. The van der Waals surface area contributed by atoms with E-state index in [0.717, 1.165) is 19.3 Å². The summed E-state index contributed by atoms with van der Waals surface area (Å²) in [4.78, 5) is 10.2. The van der Waals surface area contributed by atoms with E-state index in [-0.39, 0.29) is 0 Å². The van der Waals surface area contributed by atoms with Crippen LogP contribution in [0.1, 0.15) is 58.3 Å². The zero-order valence-electron chi connectivity index (χ0n) is 9.17. The molecule has 2 nitrogen and oxygen atoms in total. The summed E-state index contributed by atoms with van der Waals surface area (Å²) in [7, 11) is 0. The summed E-state index contributed by atoms with van der Waals surface area (Å²) in [6.45, 7) is 2.21. The number of carbonyl (C=O) groups is 1. The van der Waals surface area contributed by atoms with E-state index < -0.39 is 5.97 Å². The van der Waals surface area contributed by atoms with Crippen LogP contribution < -0.4 is 0 Å². The number of unbranched alkanes of at least 4 members (excludes halogenated alkanes) is 5. The molecule has 0 heterocycles. The Bertz CT molecular complexity index is 162. The highest BCUT2D eigenvalue weighted by molar-refractivity contribution is 5.66. The van der Waals surface area contributed by atoms with Crippen LogP contribution in [0.5, 0.6) is 0 Å². The van der Waals surface area contributed by atoms with E-state index in [1.165, 1.54) is 25.7 Å². The summed E-state index contributed by atoms with van der Waals surface area (Å²) in [5.41, 5.74) is 0. The minimum Gasteiger partial charge on any atom is -0.481 e. The Labute approximate surface area is 87.0 Å². The highest BCUT2D eigenvalue weighted by Gasteiger charge is 1.92. The maximum absolute atomic E-state index is 10.2. The second-order valence-corrected chi connectivity index (χ2v) is 3.61. The van der Waals surface area contributed by atoms with Gasteiger partial charge in [0.25, 0.3) is 0 Å². The fourth-order valence-corrected chi connectivity index (χ4v) is 1.30. The molecule has 0 aromatic carbocycles. The summed E-state index contributed by atoms with van der Waals surface area (Å²) in [5, 5.41) is 8.39. The van der Waals surface area contributed by atoms with E-state index in [1.54, 1.807) is 0 Å². The molecule has 0 atom stereocenters. The fourth-order valence-electron chi connectivity index (χ4n) is 1.30. The van der Waals surface area contributed by atoms with Gasteiger partial charge in [-0.15, -0.1) is 0 Å². The molecule has 0 saturated carbocycles. The van der Waals surface area contributed by atoms with Gasteiger partial charge >= 0.3 is 5.97 Å². The van der Waals surface area contributed by atoms with Gasteiger partial charge in [-0.05, 0) is 25.7 Å². The first kappa shape index (κ1) is 13.2. The van der Waals surface area contributed by atoms with Crippen LogP contribution in [0.3, 0.4) is 0 Å². The molecule has 0 rings (SSSR count). The largest absolute Gasteiger partial charge is 0.481 e. The van der Waals surface area contributed by atoms with Gasteiger partial charge in [0.15, 0.2) is 0 Å². The Hall–Kier alpha value is -0.790. The molecular formula is C12H22O2. The van der Waals surface area contributed by atoms with Crippen molar-refractivity contribution in [3.05, 3.63) is 12.2 Å². The first-order valence-corrected chi connectivity index (χ1v) is 5.64. The van der Waals surface area contributed by atoms with Crippen molar-refractivity contribution in [2.45, 2.75) is 58.3 Å². The second kappa shape index (κ2) is 10.3. The summed E-state index contributed by atoms with van der Waals surface area (Å²) in [6.07, 6.45) is 12.6. The lowest BCUT2D eigenvalue weighted by atomic mass is 10.1. The van der Waals surface area contributed by atoms with Crippen LogP contribution >= 0.6 is 0 Å². The number of hydrogen-bond acceptors (Lipinski definition) is 1. The molecule has 0 amide bonds. The average Bonchev–Trinajstić information content (AvgIpc) is 2.15. The monoisotopic (exact) mass is 200 g/mol. The molecule has 0 unspecified atom stereocenters. The van der Waals surface area contributed by atoms with Gasteiger partial charge in [-0.25, -0.2) is 0 Å². The zero-order chi connectivity index (χ0) is 10.6. The van der Waals surface area contributed by atoms with Gasteiger partial charge in [0.1, 0.15) is 0 Å². The van der Waals surface area contributed by atoms with Crippen molar-refractivity contribution in [2.24, 2.45) is 0 Å². The van der Waals surface area contributed by atoms with Crippen LogP contribution in [0.15, 0.2) is 12.2 Å². The van der Waals surface area contributed by atoms with Gasteiger partial charge in [-0.2, -0.15) is 0 Å². The Morgan fingerprint density at radius 1 is 1.07 bits per heavy atom. The van der Waals surface area contributed by atoms with Crippen molar-refractivity contribution in [1.29, 1.82) is 0 Å². The number of carboxylic acids is 1. The Morgan fingerprint density at radius 3 is 2.29 bits per heavy atom. The molecule has 0 aliphatic heterocycles. The maximum Gasteiger partial charge on any atom is 0.303 e. The lowest BCUT2D eigenvalue weighted by Gasteiger charge is -1.94. The highest BCUT2D eigenvalue weighted by Crippen LogP contribution is 2.04. The standard InChI is InChI=1S/C12H22O2/c1-2-3-4-5-6-7-8-9-10-11-12(13)14/h7-8H,2-6,9-11H2,1H3,(H,13,14)/b8-7-/i12+2. The van der Waals surface area contributed by atoms with Gasteiger partial charge in [0.05, 0.1) is 0 Å². The zero-order valence-corrected chi connectivity index (χ0v) is 9.17. The minimum absolute atomic E-state index is 0.292.